The molecular formula is C24H25ClN2O5S. The predicted octanol–water partition coefficient (Wildman–Crippen LogP) is 4.00. The Balaban J connectivity index is 2.03. The fourth-order valence-corrected chi connectivity index (χ4v) is 4.09. The van der Waals surface area contributed by atoms with Crippen LogP contribution in [-0.2, 0) is 9.53 Å². The summed E-state index contributed by atoms with van der Waals surface area (Å²) >= 11 is 6.93. The number of aromatic carboxylic acids is 1. The van der Waals surface area contributed by atoms with E-state index in [2.05, 4.69) is 11.8 Å². The van der Waals surface area contributed by atoms with Gasteiger partial charge in [0.1, 0.15) is 11.4 Å². The number of anilines is 1. The smallest absolute Gasteiger partial charge is 0.348 e. The molecule has 1 aromatic heterocycles. The lowest BCUT2D eigenvalue weighted by Crippen LogP contribution is -2.47. The molecule has 0 bridgehead atoms. The number of benzene rings is 1. The minimum atomic E-state index is -1.19. The number of ether oxygens (including phenoxy) is 1. The van der Waals surface area contributed by atoms with E-state index in [0.717, 1.165) is 11.3 Å². The van der Waals surface area contributed by atoms with Gasteiger partial charge < -0.3 is 14.7 Å². The van der Waals surface area contributed by atoms with E-state index in [4.69, 9.17) is 16.3 Å². The monoisotopic (exact) mass is 488 g/mol. The third kappa shape index (κ3) is 6.57. The number of carboxylic acid groups (broad SMARTS) is 1. The lowest BCUT2D eigenvalue weighted by Gasteiger charge is -2.30. The minimum Gasteiger partial charge on any atom is -0.477 e. The summed E-state index contributed by atoms with van der Waals surface area (Å²) in [6.07, 6.45) is 0. The molecule has 1 saturated heterocycles. The lowest BCUT2D eigenvalue weighted by atomic mass is 9.98. The molecule has 0 saturated carbocycles. The highest BCUT2D eigenvalue weighted by Crippen LogP contribution is 2.32. The molecule has 0 aliphatic carbocycles. The summed E-state index contributed by atoms with van der Waals surface area (Å²) in [6.45, 7) is 7.21. The number of halogens is 1. The molecule has 1 fully saturated rings. The van der Waals surface area contributed by atoms with Crippen LogP contribution in [0.15, 0.2) is 30.3 Å². The summed E-state index contributed by atoms with van der Waals surface area (Å²) in [6, 6.07) is 7.80. The van der Waals surface area contributed by atoms with Crippen molar-refractivity contribution in [3.63, 3.8) is 0 Å². The Morgan fingerprint density at radius 2 is 1.82 bits per heavy atom. The summed E-state index contributed by atoms with van der Waals surface area (Å²) < 4.78 is 5.30. The number of carbonyl (C=O) groups is 3. The molecular weight excluding hydrogens is 464 g/mol. The van der Waals surface area contributed by atoms with Crippen molar-refractivity contribution in [2.45, 2.75) is 20.8 Å². The highest BCUT2D eigenvalue weighted by atomic mass is 35.5. The van der Waals surface area contributed by atoms with Crippen molar-refractivity contribution in [1.29, 1.82) is 0 Å². The van der Waals surface area contributed by atoms with Gasteiger partial charge in [-0.25, -0.2) is 4.79 Å². The lowest BCUT2D eigenvalue weighted by molar-refractivity contribution is -0.133. The normalized spacial score (nSPS) is 13.8. The molecule has 1 N–H and O–H groups in total. The number of hydrogen-bond donors (Lipinski definition) is 1. The molecule has 9 heteroatoms. The van der Waals surface area contributed by atoms with E-state index in [-0.39, 0.29) is 28.4 Å². The summed E-state index contributed by atoms with van der Waals surface area (Å²) in [7, 11) is 0. The molecule has 0 unspecified atom stereocenters. The fourth-order valence-electron chi connectivity index (χ4n) is 3.11. The Labute approximate surface area is 201 Å². The van der Waals surface area contributed by atoms with Crippen LogP contribution >= 0.6 is 22.9 Å². The molecule has 2 amide bonds. The molecule has 2 aromatic rings. The van der Waals surface area contributed by atoms with E-state index in [1.807, 2.05) is 20.8 Å². The predicted molar refractivity (Wildman–Crippen MR) is 128 cm³/mol. The second-order valence-corrected chi connectivity index (χ2v) is 10.0. The van der Waals surface area contributed by atoms with Crippen molar-refractivity contribution in [1.82, 2.24) is 4.90 Å². The Morgan fingerprint density at radius 3 is 2.39 bits per heavy atom. The summed E-state index contributed by atoms with van der Waals surface area (Å²) in [4.78, 5) is 41.7. The van der Waals surface area contributed by atoms with Crippen molar-refractivity contribution in [3.8, 4) is 11.8 Å². The first-order valence-corrected chi connectivity index (χ1v) is 11.6. The number of morpholine rings is 1. The highest BCUT2D eigenvalue weighted by molar-refractivity contribution is 7.15. The third-order valence-corrected chi connectivity index (χ3v) is 6.03. The Morgan fingerprint density at radius 1 is 1.18 bits per heavy atom. The topological polar surface area (TPSA) is 87.2 Å². The van der Waals surface area contributed by atoms with Crippen molar-refractivity contribution in [2.24, 2.45) is 5.41 Å². The maximum Gasteiger partial charge on any atom is 0.348 e. The number of amides is 2. The van der Waals surface area contributed by atoms with Crippen molar-refractivity contribution in [3.05, 3.63) is 50.7 Å². The molecule has 0 spiro atoms. The summed E-state index contributed by atoms with van der Waals surface area (Å²) in [5.74, 6) is 4.10. The van der Waals surface area contributed by atoms with Crippen LogP contribution in [0.4, 0.5) is 5.69 Å². The van der Waals surface area contributed by atoms with Gasteiger partial charge in [-0.05, 0) is 51.1 Å². The molecule has 0 radical (unpaired) electrons. The SMILES string of the molecule is CC(C)(C)C#Cc1cc(N(CC(=O)N2CCOCC2)C(=O)c2ccc(Cl)cc2)c(C(=O)O)s1. The average Bonchev–Trinajstić information content (AvgIpc) is 3.20. The van der Waals surface area contributed by atoms with Gasteiger partial charge in [-0.3, -0.25) is 14.5 Å². The summed E-state index contributed by atoms with van der Waals surface area (Å²) in [5, 5.41) is 10.3. The Hall–Kier alpha value is -2.86. The van der Waals surface area contributed by atoms with Crippen LogP contribution in [0.2, 0.25) is 5.02 Å². The zero-order valence-corrected chi connectivity index (χ0v) is 20.3. The molecule has 1 aliphatic heterocycles. The first-order valence-electron chi connectivity index (χ1n) is 10.4. The van der Waals surface area contributed by atoms with Crippen molar-refractivity contribution < 1.29 is 24.2 Å². The number of nitrogens with zero attached hydrogens (tertiary/aromatic N) is 2. The minimum absolute atomic E-state index is 0.0506. The zero-order valence-electron chi connectivity index (χ0n) is 18.7. The van der Waals surface area contributed by atoms with Gasteiger partial charge in [0.15, 0.2) is 0 Å². The Bertz CT molecular complexity index is 1100. The molecule has 3 rings (SSSR count). The van der Waals surface area contributed by atoms with E-state index in [1.165, 1.54) is 4.90 Å². The second-order valence-electron chi connectivity index (χ2n) is 8.52. The van der Waals surface area contributed by atoms with Crippen LogP contribution in [0.3, 0.4) is 0 Å². The average molecular weight is 489 g/mol. The maximum absolute atomic E-state index is 13.4. The number of rotatable bonds is 5. The van der Waals surface area contributed by atoms with Gasteiger partial charge in [-0.2, -0.15) is 0 Å². The molecule has 174 valence electrons. The number of hydrogen-bond acceptors (Lipinski definition) is 5. The number of carboxylic acids is 1. The van der Waals surface area contributed by atoms with E-state index in [1.54, 1.807) is 35.2 Å². The first-order chi connectivity index (χ1) is 15.5. The van der Waals surface area contributed by atoms with Gasteiger partial charge in [0, 0.05) is 29.1 Å². The quantitative estimate of drug-likeness (QED) is 0.643. The third-order valence-electron chi connectivity index (χ3n) is 4.75. The maximum atomic E-state index is 13.4. The van der Waals surface area contributed by atoms with Gasteiger partial charge in [-0.15, -0.1) is 11.3 Å². The van der Waals surface area contributed by atoms with Crippen LogP contribution in [0.25, 0.3) is 0 Å². The molecule has 2 heterocycles. The first kappa shape index (κ1) is 24.8. The van der Waals surface area contributed by atoms with Gasteiger partial charge in [-0.1, -0.05) is 23.4 Å². The van der Waals surface area contributed by atoms with Crippen LogP contribution in [0, 0.1) is 17.3 Å². The molecule has 1 aliphatic rings. The van der Waals surface area contributed by atoms with Gasteiger partial charge in [0.25, 0.3) is 5.91 Å². The van der Waals surface area contributed by atoms with Crippen molar-refractivity contribution >= 4 is 46.4 Å². The largest absolute Gasteiger partial charge is 0.477 e. The van der Waals surface area contributed by atoms with Gasteiger partial charge in [0.2, 0.25) is 5.91 Å². The fraction of sp³-hybridized carbons (Fsp3) is 0.375. The van der Waals surface area contributed by atoms with Crippen molar-refractivity contribution in [2.75, 3.05) is 37.7 Å². The summed E-state index contributed by atoms with van der Waals surface area (Å²) in [5.41, 5.74) is 0.157. The highest BCUT2D eigenvalue weighted by Gasteiger charge is 2.29. The van der Waals surface area contributed by atoms with Gasteiger partial charge in [0.05, 0.1) is 23.8 Å². The van der Waals surface area contributed by atoms with E-state index >= 15 is 0 Å². The van der Waals surface area contributed by atoms with E-state index < -0.39 is 11.9 Å². The van der Waals surface area contributed by atoms with Crippen LogP contribution < -0.4 is 4.90 Å². The van der Waals surface area contributed by atoms with Crippen LogP contribution in [0.1, 0.15) is 45.7 Å². The van der Waals surface area contributed by atoms with E-state index in [9.17, 15) is 19.5 Å². The van der Waals surface area contributed by atoms with Gasteiger partial charge >= 0.3 is 5.97 Å². The molecule has 1 aromatic carbocycles. The van der Waals surface area contributed by atoms with Crippen LogP contribution in [-0.4, -0.2) is 60.6 Å². The number of thiophene rings is 1. The molecule has 7 nitrogen and oxygen atoms in total. The molecule has 33 heavy (non-hydrogen) atoms. The Kier molecular flexibility index (Phi) is 7.80. The standard InChI is InChI=1S/C24H25ClN2O5S/c1-24(2,3)9-8-18-14-19(21(33-18)23(30)31)27(15-20(28)26-10-12-32-13-11-26)22(29)16-4-6-17(25)7-5-16/h4-7,14H,10-13,15H2,1-3H3,(H,30,31). The second kappa shape index (κ2) is 10.4. The van der Waals surface area contributed by atoms with E-state index in [0.29, 0.717) is 41.8 Å². The molecule has 0 atom stereocenters. The zero-order chi connectivity index (χ0) is 24.2. The van der Waals surface area contributed by atoms with Crippen LogP contribution in [0.5, 0.6) is 0 Å². The number of carbonyl (C=O) groups excluding carboxylic acids is 2.